The number of sulfonamides is 1. The fourth-order valence-electron chi connectivity index (χ4n) is 2.66. The van der Waals surface area contributed by atoms with Gasteiger partial charge in [-0.1, -0.05) is 30.3 Å². The summed E-state index contributed by atoms with van der Waals surface area (Å²) in [5, 5.41) is 0. The van der Waals surface area contributed by atoms with Crippen LogP contribution in [0, 0.1) is 6.92 Å². The van der Waals surface area contributed by atoms with Gasteiger partial charge in [-0.05, 0) is 36.2 Å². The van der Waals surface area contributed by atoms with Gasteiger partial charge in [-0.15, -0.1) is 0 Å². The number of ether oxygens (including phenoxy) is 2. The normalized spacial score (nSPS) is 19.0. The summed E-state index contributed by atoms with van der Waals surface area (Å²) in [6, 6.07) is 14.5. The predicted molar refractivity (Wildman–Crippen MR) is 86.8 cm³/mol. The van der Waals surface area contributed by atoms with E-state index in [0.29, 0.717) is 12.3 Å². The molecule has 2 aromatic rings. The second-order valence-corrected chi connectivity index (χ2v) is 7.40. The molecule has 0 saturated carbocycles. The number of aryl methyl sites for hydroxylation is 1. The Morgan fingerprint density at radius 1 is 1.17 bits per heavy atom. The summed E-state index contributed by atoms with van der Waals surface area (Å²) in [6.07, 6.45) is -0.231. The summed E-state index contributed by atoms with van der Waals surface area (Å²) < 4.78 is 37.7. The van der Waals surface area contributed by atoms with Crippen LogP contribution in [0.5, 0.6) is 5.75 Å². The molecular weight excluding hydrogens is 314 g/mol. The second-order valence-electron chi connectivity index (χ2n) is 5.47. The molecule has 0 aliphatic carbocycles. The minimum absolute atomic E-state index is 0.0625. The summed E-state index contributed by atoms with van der Waals surface area (Å²) >= 11 is 0. The number of hydrogen-bond acceptors (Lipinski definition) is 4. The molecule has 0 N–H and O–H groups in total. The summed E-state index contributed by atoms with van der Waals surface area (Å²) in [6.45, 7) is 2.20. The van der Waals surface area contributed by atoms with E-state index in [4.69, 9.17) is 9.47 Å². The van der Waals surface area contributed by atoms with E-state index in [1.165, 1.54) is 4.31 Å². The van der Waals surface area contributed by atoms with Crippen molar-refractivity contribution in [1.29, 1.82) is 0 Å². The molecule has 1 saturated heterocycles. The van der Waals surface area contributed by atoms with E-state index in [1.54, 1.807) is 25.3 Å². The molecule has 0 radical (unpaired) electrons. The van der Waals surface area contributed by atoms with Crippen LogP contribution < -0.4 is 4.74 Å². The molecular formula is C17H19NO4S. The van der Waals surface area contributed by atoms with Crippen molar-refractivity contribution in [3.63, 3.8) is 0 Å². The lowest BCUT2D eigenvalue weighted by atomic mass is 10.1. The molecule has 23 heavy (non-hydrogen) atoms. The van der Waals surface area contributed by atoms with Crippen LogP contribution in [0.1, 0.15) is 17.2 Å². The number of nitrogens with zero attached hydrogens (tertiary/aromatic N) is 1. The van der Waals surface area contributed by atoms with Crippen molar-refractivity contribution in [3.8, 4) is 5.75 Å². The summed E-state index contributed by atoms with van der Waals surface area (Å²) in [7, 11) is -2.01. The zero-order valence-corrected chi connectivity index (χ0v) is 13.9. The minimum Gasteiger partial charge on any atom is -0.496 e. The standard InChI is InChI=1S/C17H19NO4S/c1-13-10-15(8-9-16(13)21-2)23(19,20)18-11-17(22-12-18)14-6-4-3-5-7-14/h3-10,17H,11-12H2,1-2H3. The van der Waals surface area contributed by atoms with Gasteiger partial charge in [0, 0.05) is 6.54 Å². The molecule has 1 atom stereocenters. The Bertz CT molecular complexity index is 789. The first kappa shape index (κ1) is 16.0. The molecule has 0 aromatic heterocycles. The lowest BCUT2D eigenvalue weighted by Crippen LogP contribution is -2.28. The average Bonchev–Trinajstić information content (AvgIpc) is 3.06. The number of hydrogen-bond donors (Lipinski definition) is 0. The first-order valence-electron chi connectivity index (χ1n) is 7.33. The number of methoxy groups -OCH3 is 1. The summed E-state index contributed by atoms with van der Waals surface area (Å²) in [4.78, 5) is 0.258. The molecule has 122 valence electrons. The quantitative estimate of drug-likeness (QED) is 0.863. The van der Waals surface area contributed by atoms with Crippen molar-refractivity contribution < 1.29 is 17.9 Å². The summed E-state index contributed by atoms with van der Waals surface area (Å²) in [5.41, 5.74) is 1.77. The van der Waals surface area contributed by atoms with Gasteiger partial charge in [-0.2, -0.15) is 4.31 Å². The second kappa shape index (κ2) is 6.31. The van der Waals surface area contributed by atoms with Gasteiger partial charge in [0.2, 0.25) is 10.0 Å². The van der Waals surface area contributed by atoms with Crippen LogP contribution in [-0.2, 0) is 14.8 Å². The maximum absolute atomic E-state index is 12.8. The molecule has 2 aromatic carbocycles. The number of benzene rings is 2. The highest BCUT2D eigenvalue weighted by molar-refractivity contribution is 7.89. The van der Waals surface area contributed by atoms with E-state index < -0.39 is 10.0 Å². The molecule has 1 fully saturated rings. The SMILES string of the molecule is COc1ccc(S(=O)(=O)N2COC(c3ccccc3)C2)cc1C. The molecule has 0 spiro atoms. The van der Waals surface area contributed by atoms with Crippen LogP contribution >= 0.6 is 0 Å². The van der Waals surface area contributed by atoms with Crippen LogP contribution in [0.15, 0.2) is 53.4 Å². The molecule has 5 nitrogen and oxygen atoms in total. The largest absolute Gasteiger partial charge is 0.496 e. The Kier molecular flexibility index (Phi) is 4.39. The lowest BCUT2D eigenvalue weighted by molar-refractivity contribution is 0.104. The Balaban J connectivity index is 1.82. The highest BCUT2D eigenvalue weighted by atomic mass is 32.2. The highest BCUT2D eigenvalue weighted by Crippen LogP contribution is 2.30. The first-order valence-corrected chi connectivity index (χ1v) is 8.77. The monoisotopic (exact) mass is 333 g/mol. The van der Waals surface area contributed by atoms with Gasteiger partial charge in [0.25, 0.3) is 0 Å². The van der Waals surface area contributed by atoms with E-state index in [9.17, 15) is 8.42 Å². The van der Waals surface area contributed by atoms with Gasteiger partial charge in [0.15, 0.2) is 0 Å². The third kappa shape index (κ3) is 3.10. The number of rotatable bonds is 4. The topological polar surface area (TPSA) is 55.8 Å². The van der Waals surface area contributed by atoms with Crippen LogP contribution in [0.3, 0.4) is 0 Å². The highest BCUT2D eigenvalue weighted by Gasteiger charge is 2.34. The van der Waals surface area contributed by atoms with Crippen molar-refractivity contribution in [2.24, 2.45) is 0 Å². The predicted octanol–water partition coefficient (Wildman–Crippen LogP) is 2.72. The fourth-order valence-corrected chi connectivity index (χ4v) is 4.06. The Morgan fingerprint density at radius 2 is 1.91 bits per heavy atom. The maximum atomic E-state index is 12.8. The summed E-state index contributed by atoms with van der Waals surface area (Å²) in [5.74, 6) is 0.670. The molecule has 1 aliphatic heterocycles. The van der Waals surface area contributed by atoms with Crippen molar-refractivity contribution in [1.82, 2.24) is 4.31 Å². The molecule has 1 heterocycles. The van der Waals surface area contributed by atoms with E-state index in [0.717, 1.165) is 11.1 Å². The molecule has 1 aliphatic rings. The van der Waals surface area contributed by atoms with Gasteiger partial charge in [0.05, 0.1) is 18.1 Å². The zero-order chi connectivity index (χ0) is 16.4. The van der Waals surface area contributed by atoms with Crippen LogP contribution in [0.25, 0.3) is 0 Å². The van der Waals surface area contributed by atoms with Crippen molar-refractivity contribution >= 4 is 10.0 Å². The van der Waals surface area contributed by atoms with Crippen molar-refractivity contribution in [3.05, 3.63) is 59.7 Å². The Morgan fingerprint density at radius 3 is 2.57 bits per heavy atom. The van der Waals surface area contributed by atoms with Gasteiger partial charge < -0.3 is 9.47 Å². The van der Waals surface area contributed by atoms with Crippen LogP contribution in [0.2, 0.25) is 0 Å². The van der Waals surface area contributed by atoms with Crippen LogP contribution in [0.4, 0.5) is 0 Å². The molecule has 0 amide bonds. The van der Waals surface area contributed by atoms with E-state index in [1.807, 2.05) is 37.3 Å². The van der Waals surface area contributed by atoms with Crippen molar-refractivity contribution in [2.75, 3.05) is 20.4 Å². The molecule has 1 unspecified atom stereocenters. The Labute approximate surface area is 136 Å². The Hall–Kier alpha value is -1.89. The first-order chi connectivity index (χ1) is 11.0. The third-order valence-corrected chi connectivity index (χ3v) is 5.75. The average molecular weight is 333 g/mol. The lowest BCUT2D eigenvalue weighted by Gasteiger charge is -2.15. The fraction of sp³-hybridized carbons (Fsp3) is 0.294. The molecule has 3 rings (SSSR count). The zero-order valence-electron chi connectivity index (χ0n) is 13.1. The van der Waals surface area contributed by atoms with E-state index >= 15 is 0 Å². The van der Waals surface area contributed by atoms with Crippen LogP contribution in [-0.4, -0.2) is 33.1 Å². The molecule has 0 bridgehead atoms. The van der Waals surface area contributed by atoms with Gasteiger partial charge in [-0.25, -0.2) is 8.42 Å². The van der Waals surface area contributed by atoms with Gasteiger partial charge in [-0.3, -0.25) is 0 Å². The van der Waals surface area contributed by atoms with E-state index in [-0.39, 0.29) is 17.7 Å². The minimum atomic E-state index is -3.57. The van der Waals surface area contributed by atoms with Gasteiger partial charge >= 0.3 is 0 Å². The van der Waals surface area contributed by atoms with Crippen molar-refractivity contribution in [2.45, 2.75) is 17.9 Å². The van der Waals surface area contributed by atoms with E-state index in [2.05, 4.69) is 0 Å². The smallest absolute Gasteiger partial charge is 0.245 e. The molecule has 6 heteroatoms. The third-order valence-electron chi connectivity index (χ3n) is 3.96. The maximum Gasteiger partial charge on any atom is 0.245 e. The van der Waals surface area contributed by atoms with Gasteiger partial charge in [0.1, 0.15) is 12.5 Å².